The lowest BCUT2D eigenvalue weighted by Gasteiger charge is -2.03. The van der Waals surface area contributed by atoms with Crippen LogP contribution in [0.2, 0.25) is 0 Å². The zero-order valence-electron chi connectivity index (χ0n) is 8.38. The van der Waals surface area contributed by atoms with Crippen LogP contribution in [0.1, 0.15) is 32.6 Å². The highest BCUT2D eigenvalue weighted by atomic mass is 16.2. The maximum Gasteiger partial charge on any atom is 0.223 e. The maximum atomic E-state index is 11.3. The fourth-order valence-corrected chi connectivity index (χ4v) is 1.48. The quantitative estimate of drug-likeness (QED) is 0.602. The Morgan fingerprint density at radius 2 is 2.15 bits per heavy atom. The first-order valence-electron chi connectivity index (χ1n) is 5.23. The van der Waals surface area contributed by atoms with Crippen molar-refractivity contribution in [1.82, 2.24) is 5.32 Å². The van der Waals surface area contributed by atoms with E-state index >= 15 is 0 Å². The van der Waals surface area contributed by atoms with Gasteiger partial charge in [-0.1, -0.05) is 13.3 Å². The first-order chi connectivity index (χ1) is 6.25. The van der Waals surface area contributed by atoms with Crippen LogP contribution in [0.4, 0.5) is 0 Å². The first-order valence-corrected chi connectivity index (χ1v) is 5.23. The molecule has 2 unspecified atom stereocenters. The Balaban J connectivity index is 1.91. The summed E-state index contributed by atoms with van der Waals surface area (Å²) in [5, 5.41) is 2.95. The highest BCUT2D eigenvalue weighted by Gasteiger charge is 2.38. The molecule has 0 saturated heterocycles. The van der Waals surface area contributed by atoms with Gasteiger partial charge < -0.3 is 11.1 Å². The van der Waals surface area contributed by atoms with Crippen LogP contribution in [0.5, 0.6) is 0 Å². The summed E-state index contributed by atoms with van der Waals surface area (Å²) in [5.41, 5.74) is 5.36. The molecular formula is C10H20N2O. The van der Waals surface area contributed by atoms with Crippen molar-refractivity contribution in [3.63, 3.8) is 0 Å². The van der Waals surface area contributed by atoms with Gasteiger partial charge in [0.2, 0.25) is 5.91 Å². The molecule has 3 nitrogen and oxygen atoms in total. The zero-order valence-corrected chi connectivity index (χ0v) is 8.38. The highest BCUT2D eigenvalue weighted by molar-refractivity contribution is 5.81. The number of carbonyl (C=O) groups excluding carboxylic acids is 1. The van der Waals surface area contributed by atoms with Gasteiger partial charge in [-0.2, -0.15) is 0 Å². The molecule has 3 heteroatoms. The molecule has 1 saturated carbocycles. The summed E-state index contributed by atoms with van der Waals surface area (Å²) in [6.07, 6.45) is 4.32. The molecular weight excluding hydrogens is 164 g/mol. The van der Waals surface area contributed by atoms with E-state index in [1.807, 2.05) is 0 Å². The Kier molecular flexibility index (Phi) is 4.22. The van der Waals surface area contributed by atoms with Gasteiger partial charge in [0.1, 0.15) is 0 Å². The van der Waals surface area contributed by atoms with Gasteiger partial charge in [0.05, 0.1) is 0 Å². The molecule has 1 aliphatic rings. The number of hydrogen-bond donors (Lipinski definition) is 2. The molecule has 0 radical (unpaired) electrons. The second-order valence-corrected chi connectivity index (χ2v) is 3.96. The Morgan fingerprint density at radius 1 is 1.46 bits per heavy atom. The van der Waals surface area contributed by atoms with Crippen molar-refractivity contribution in [3.05, 3.63) is 0 Å². The van der Waals surface area contributed by atoms with Gasteiger partial charge in [-0.15, -0.1) is 0 Å². The van der Waals surface area contributed by atoms with Gasteiger partial charge in [0.25, 0.3) is 0 Å². The monoisotopic (exact) mass is 184 g/mol. The van der Waals surface area contributed by atoms with Crippen molar-refractivity contribution in [3.8, 4) is 0 Å². The minimum atomic E-state index is 0.250. The van der Waals surface area contributed by atoms with E-state index in [0.29, 0.717) is 11.8 Å². The summed E-state index contributed by atoms with van der Waals surface area (Å²) in [6.45, 7) is 3.70. The minimum Gasteiger partial charge on any atom is -0.356 e. The van der Waals surface area contributed by atoms with E-state index in [2.05, 4.69) is 12.2 Å². The molecule has 0 aromatic carbocycles. The third-order valence-corrected chi connectivity index (χ3v) is 2.63. The molecule has 2 atom stereocenters. The zero-order chi connectivity index (χ0) is 9.68. The molecule has 0 heterocycles. The van der Waals surface area contributed by atoms with Crippen LogP contribution < -0.4 is 11.1 Å². The maximum absolute atomic E-state index is 11.3. The number of amides is 1. The van der Waals surface area contributed by atoms with E-state index in [1.54, 1.807) is 0 Å². The number of nitrogens with one attached hydrogen (secondary N) is 1. The van der Waals surface area contributed by atoms with Crippen molar-refractivity contribution in [2.45, 2.75) is 32.6 Å². The van der Waals surface area contributed by atoms with Crippen molar-refractivity contribution < 1.29 is 4.79 Å². The van der Waals surface area contributed by atoms with Gasteiger partial charge in [-0.05, 0) is 31.7 Å². The predicted molar refractivity (Wildman–Crippen MR) is 53.2 cm³/mol. The normalized spacial score (nSPS) is 25.7. The van der Waals surface area contributed by atoms with E-state index < -0.39 is 0 Å². The average molecular weight is 184 g/mol. The summed E-state index contributed by atoms with van der Waals surface area (Å²) in [4.78, 5) is 11.3. The van der Waals surface area contributed by atoms with Crippen LogP contribution in [0, 0.1) is 11.8 Å². The third-order valence-electron chi connectivity index (χ3n) is 2.63. The lowest BCUT2D eigenvalue weighted by atomic mass is 10.2. The SMILES string of the molecule is CC1CC1C(=O)NCCCCCN. The number of hydrogen-bond acceptors (Lipinski definition) is 2. The van der Waals surface area contributed by atoms with E-state index in [4.69, 9.17) is 5.73 Å². The lowest BCUT2D eigenvalue weighted by Crippen LogP contribution is -2.26. The second-order valence-electron chi connectivity index (χ2n) is 3.96. The van der Waals surface area contributed by atoms with Crippen LogP contribution in [0.15, 0.2) is 0 Å². The van der Waals surface area contributed by atoms with Crippen LogP contribution in [0.25, 0.3) is 0 Å². The van der Waals surface area contributed by atoms with Crippen molar-refractivity contribution in [1.29, 1.82) is 0 Å². The molecule has 1 fully saturated rings. The Labute approximate surface area is 80.1 Å². The number of rotatable bonds is 6. The lowest BCUT2D eigenvalue weighted by molar-refractivity contribution is -0.122. The largest absolute Gasteiger partial charge is 0.356 e. The second kappa shape index (κ2) is 5.22. The van der Waals surface area contributed by atoms with E-state index in [0.717, 1.165) is 38.8 Å². The van der Waals surface area contributed by atoms with Crippen LogP contribution in [-0.4, -0.2) is 19.0 Å². The molecule has 0 aromatic heterocycles. The molecule has 3 N–H and O–H groups in total. The number of unbranched alkanes of at least 4 members (excludes halogenated alkanes) is 2. The topological polar surface area (TPSA) is 55.1 Å². The van der Waals surface area contributed by atoms with Crippen molar-refractivity contribution in [2.75, 3.05) is 13.1 Å². The van der Waals surface area contributed by atoms with Gasteiger partial charge in [0.15, 0.2) is 0 Å². The van der Waals surface area contributed by atoms with Gasteiger partial charge in [-0.25, -0.2) is 0 Å². The Hall–Kier alpha value is -0.570. The van der Waals surface area contributed by atoms with Crippen molar-refractivity contribution >= 4 is 5.91 Å². The predicted octanol–water partition coefficient (Wildman–Crippen LogP) is 0.888. The summed E-state index contributed by atoms with van der Waals surface area (Å²) in [5.74, 6) is 1.18. The fourth-order valence-electron chi connectivity index (χ4n) is 1.48. The summed E-state index contributed by atoms with van der Waals surface area (Å²) < 4.78 is 0. The number of nitrogens with two attached hydrogens (primary N) is 1. The Bertz CT molecular complexity index is 170. The minimum absolute atomic E-state index is 0.250. The summed E-state index contributed by atoms with van der Waals surface area (Å²) >= 11 is 0. The molecule has 0 bridgehead atoms. The molecule has 76 valence electrons. The van der Waals surface area contributed by atoms with Crippen LogP contribution in [-0.2, 0) is 4.79 Å². The molecule has 1 aliphatic carbocycles. The molecule has 0 spiro atoms. The molecule has 0 aliphatic heterocycles. The highest BCUT2D eigenvalue weighted by Crippen LogP contribution is 2.37. The molecule has 1 rings (SSSR count). The fraction of sp³-hybridized carbons (Fsp3) is 0.900. The average Bonchev–Trinajstić information content (AvgIpc) is 2.82. The smallest absolute Gasteiger partial charge is 0.223 e. The van der Waals surface area contributed by atoms with Gasteiger partial charge >= 0.3 is 0 Å². The summed E-state index contributed by atoms with van der Waals surface area (Å²) in [6, 6.07) is 0. The molecule has 13 heavy (non-hydrogen) atoms. The van der Waals surface area contributed by atoms with E-state index in [1.165, 1.54) is 0 Å². The van der Waals surface area contributed by atoms with Gasteiger partial charge in [-0.3, -0.25) is 4.79 Å². The van der Waals surface area contributed by atoms with Gasteiger partial charge in [0, 0.05) is 12.5 Å². The Morgan fingerprint density at radius 3 is 2.69 bits per heavy atom. The molecule has 1 amide bonds. The number of carbonyl (C=O) groups is 1. The van der Waals surface area contributed by atoms with Crippen LogP contribution in [0.3, 0.4) is 0 Å². The summed E-state index contributed by atoms with van der Waals surface area (Å²) in [7, 11) is 0. The van der Waals surface area contributed by atoms with Crippen LogP contribution >= 0.6 is 0 Å². The first kappa shape index (κ1) is 10.5. The standard InChI is InChI=1S/C10H20N2O/c1-8-7-9(8)10(13)12-6-4-2-3-5-11/h8-9H,2-7,11H2,1H3,(H,12,13). The third kappa shape index (κ3) is 3.77. The molecule has 0 aromatic rings. The van der Waals surface area contributed by atoms with E-state index in [-0.39, 0.29) is 5.91 Å². The van der Waals surface area contributed by atoms with E-state index in [9.17, 15) is 4.79 Å². The van der Waals surface area contributed by atoms with Crippen molar-refractivity contribution in [2.24, 2.45) is 17.6 Å².